The van der Waals surface area contributed by atoms with Gasteiger partial charge in [-0.25, -0.2) is 9.78 Å². The molecule has 0 atom stereocenters. The number of ether oxygens (including phenoxy) is 4. The zero-order valence-electron chi connectivity index (χ0n) is 34.4. The monoisotopic (exact) mass is 807 g/mol. The molecule has 1 saturated heterocycles. The number of carbonyl (C=O) groups is 2. The molecule has 5 aromatic rings. The average molecular weight is 808 g/mol. The highest BCUT2D eigenvalue weighted by Gasteiger charge is 2.30. The maximum absolute atomic E-state index is 13.5. The second-order valence-corrected chi connectivity index (χ2v) is 16.1. The maximum Gasteiger partial charge on any atom is 0.323 e. The molecular weight excluding hydrogens is 755 g/mol. The Morgan fingerprint density at radius 1 is 0.897 bits per heavy atom. The van der Waals surface area contributed by atoms with Gasteiger partial charge >= 0.3 is 6.03 Å². The highest BCUT2D eigenvalue weighted by molar-refractivity contribution is 7.99. The zero-order chi connectivity index (χ0) is 41.5. The van der Waals surface area contributed by atoms with Gasteiger partial charge in [0.1, 0.15) is 23.1 Å². The number of amides is 3. The lowest BCUT2D eigenvalue weighted by atomic mass is 9.86. The summed E-state index contributed by atoms with van der Waals surface area (Å²) in [6.07, 6.45) is 3.58. The van der Waals surface area contributed by atoms with Gasteiger partial charge in [-0.3, -0.25) is 9.69 Å². The van der Waals surface area contributed by atoms with E-state index >= 15 is 0 Å². The number of methoxy groups -OCH3 is 2. The van der Waals surface area contributed by atoms with Gasteiger partial charge in [0.2, 0.25) is 0 Å². The van der Waals surface area contributed by atoms with E-state index in [1.165, 1.54) is 11.9 Å². The number of morpholine rings is 1. The molecule has 3 amide bonds. The van der Waals surface area contributed by atoms with Gasteiger partial charge in [-0.05, 0) is 67.3 Å². The zero-order valence-corrected chi connectivity index (χ0v) is 35.2. The van der Waals surface area contributed by atoms with E-state index in [0.717, 1.165) is 35.1 Å². The van der Waals surface area contributed by atoms with Gasteiger partial charge in [0.25, 0.3) is 5.91 Å². The fourth-order valence-electron chi connectivity index (χ4n) is 6.78. The van der Waals surface area contributed by atoms with E-state index in [2.05, 4.69) is 70.5 Å². The van der Waals surface area contributed by atoms with Crippen LogP contribution in [0.1, 0.15) is 50.5 Å². The second-order valence-electron chi connectivity index (χ2n) is 15.5. The Morgan fingerprint density at radius 2 is 1.66 bits per heavy atom. The lowest BCUT2D eigenvalue weighted by Crippen LogP contribution is -2.54. The maximum atomic E-state index is 13.5. The van der Waals surface area contributed by atoms with Gasteiger partial charge in [-0.2, -0.15) is 0 Å². The molecule has 0 saturated carbocycles. The summed E-state index contributed by atoms with van der Waals surface area (Å²) in [5.74, 6) is 2.45. The molecule has 0 spiro atoms. The number of carbonyl (C=O) groups excluding carboxylic acids is 2. The van der Waals surface area contributed by atoms with Crippen molar-refractivity contribution in [1.82, 2.24) is 15.2 Å². The van der Waals surface area contributed by atoms with E-state index in [4.69, 9.17) is 18.9 Å². The van der Waals surface area contributed by atoms with Crippen molar-refractivity contribution in [2.24, 2.45) is 0 Å². The molecule has 13 nitrogen and oxygen atoms in total. The van der Waals surface area contributed by atoms with Crippen LogP contribution >= 0.6 is 11.9 Å². The average Bonchev–Trinajstić information content (AvgIpc) is 3.19. The number of pyridine rings is 1. The van der Waals surface area contributed by atoms with Gasteiger partial charge in [-0.1, -0.05) is 57.0 Å². The third kappa shape index (κ3) is 10.0. The van der Waals surface area contributed by atoms with Gasteiger partial charge in [0, 0.05) is 66.2 Å². The quantitative estimate of drug-likeness (QED) is 0.0685. The highest BCUT2D eigenvalue weighted by Crippen LogP contribution is 2.40. The summed E-state index contributed by atoms with van der Waals surface area (Å²) in [6.45, 7) is 14.1. The van der Waals surface area contributed by atoms with E-state index in [-0.39, 0.29) is 16.9 Å². The van der Waals surface area contributed by atoms with Crippen molar-refractivity contribution in [3.05, 3.63) is 96.2 Å². The number of nitrogens with zero attached hydrogens (tertiary/aromatic N) is 2. The minimum Gasteiger partial charge on any atom is -0.496 e. The minimum absolute atomic E-state index is 0.0767. The van der Waals surface area contributed by atoms with E-state index in [1.54, 1.807) is 44.7 Å². The number of nitrogens with one attached hydrogen (secondary N) is 5. The van der Waals surface area contributed by atoms with Crippen molar-refractivity contribution in [3.8, 4) is 23.0 Å². The SMILES string of the molecule is COc1cc(Nc2cc(Oc3ccc(NC(=O)Nc4cc(C(C)(C)C)cc(NSC)c4OC)c4ccccc34)ccn2)ccc1C(=O)NCCN1CCOCC1(C)C. The summed E-state index contributed by atoms with van der Waals surface area (Å²) in [5.41, 5.74) is 3.86. The molecule has 0 unspecified atom stereocenters. The summed E-state index contributed by atoms with van der Waals surface area (Å²) in [4.78, 5) is 33.5. The third-order valence-corrected chi connectivity index (χ3v) is 10.3. The second kappa shape index (κ2) is 18.3. The van der Waals surface area contributed by atoms with Crippen LogP contribution in [0.15, 0.2) is 85.1 Å². The number of urea groups is 1. The molecule has 2 heterocycles. The van der Waals surface area contributed by atoms with Crippen molar-refractivity contribution in [2.75, 3.05) is 74.0 Å². The molecule has 1 aliphatic rings. The number of fused-ring (bicyclic) bond motifs is 1. The molecule has 1 aliphatic heterocycles. The van der Waals surface area contributed by atoms with Crippen molar-refractivity contribution in [1.29, 1.82) is 0 Å². The third-order valence-electron chi connectivity index (χ3n) is 9.91. The van der Waals surface area contributed by atoms with Crippen LogP contribution in [0.2, 0.25) is 0 Å². The molecule has 0 radical (unpaired) electrons. The number of rotatable bonds is 14. The molecular formula is C44H53N7O6S. The van der Waals surface area contributed by atoms with Crippen molar-refractivity contribution in [3.63, 3.8) is 0 Å². The molecule has 1 aromatic heterocycles. The Kier molecular flexibility index (Phi) is 13.2. The molecule has 306 valence electrons. The molecule has 14 heteroatoms. The standard InChI is InChI=1S/C44H53N7O6S/c1-43(2,3)28-23-35(40(55-7)36(24-28)50-58-8)49-42(53)48-34-15-16-37(32-12-10-9-11-31(32)34)57-30-17-18-45-39(26-30)47-29-13-14-33(38(25-29)54-6)41(52)46-19-20-51-21-22-56-27-44(51,4)5/h9-18,23-26,50H,19-22,27H2,1-8H3,(H,45,47)(H,46,52)(H2,48,49,53). The number of anilines is 5. The van der Waals surface area contributed by atoms with Crippen LogP contribution in [0.3, 0.4) is 0 Å². The first-order valence-corrected chi connectivity index (χ1v) is 20.3. The molecule has 58 heavy (non-hydrogen) atoms. The highest BCUT2D eigenvalue weighted by atomic mass is 32.2. The topological polar surface area (TPSA) is 147 Å². The van der Waals surface area contributed by atoms with E-state index in [0.29, 0.717) is 71.2 Å². The van der Waals surface area contributed by atoms with Crippen LogP contribution in [0.5, 0.6) is 23.0 Å². The van der Waals surface area contributed by atoms with Crippen LogP contribution in [-0.4, -0.2) is 80.7 Å². The Morgan fingerprint density at radius 3 is 2.38 bits per heavy atom. The van der Waals surface area contributed by atoms with Crippen LogP contribution in [0.4, 0.5) is 33.4 Å². The molecule has 1 fully saturated rings. The first-order valence-electron chi connectivity index (χ1n) is 19.1. The van der Waals surface area contributed by atoms with Crippen LogP contribution in [0.25, 0.3) is 10.8 Å². The lowest BCUT2D eigenvalue weighted by molar-refractivity contribution is -0.0498. The first-order chi connectivity index (χ1) is 27.8. The van der Waals surface area contributed by atoms with Crippen LogP contribution < -0.4 is 40.2 Å². The van der Waals surface area contributed by atoms with Crippen molar-refractivity contribution >= 4 is 63.2 Å². The van der Waals surface area contributed by atoms with Crippen LogP contribution in [-0.2, 0) is 10.2 Å². The summed E-state index contributed by atoms with van der Waals surface area (Å²) in [5, 5.41) is 13.9. The molecule has 5 N–H and O–H groups in total. The summed E-state index contributed by atoms with van der Waals surface area (Å²) in [6, 6.07) is 23.8. The summed E-state index contributed by atoms with van der Waals surface area (Å²) >= 11 is 1.45. The largest absolute Gasteiger partial charge is 0.496 e. The number of aromatic nitrogens is 1. The molecule has 6 rings (SSSR count). The van der Waals surface area contributed by atoms with Gasteiger partial charge < -0.3 is 44.9 Å². The normalized spacial score (nSPS) is 14.0. The minimum atomic E-state index is -0.415. The van der Waals surface area contributed by atoms with Gasteiger partial charge in [0.05, 0.1) is 50.1 Å². The Bertz CT molecular complexity index is 2260. The number of hydrogen-bond donors (Lipinski definition) is 5. The first kappa shape index (κ1) is 41.9. The van der Waals surface area contributed by atoms with Crippen LogP contribution in [0, 0.1) is 0 Å². The summed E-state index contributed by atoms with van der Waals surface area (Å²) < 4.78 is 26.6. The molecule has 0 bridgehead atoms. The summed E-state index contributed by atoms with van der Waals surface area (Å²) in [7, 11) is 3.13. The Labute approximate surface area is 344 Å². The van der Waals surface area contributed by atoms with E-state index in [9.17, 15) is 9.59 Å². The van der Waals surface area contributed by atoms with Gasteiger partial charge in [-0.15, -0.1) is 0 Å². The van der Waals surface area contributed by atoms with E-state index < -0.39 is 6.03 Å². The Hall–Kier alpha value is -5.70. The fraction of sp³-hybridized carbons (Fsp3) is 0.341. The smallest absolute Gasteiger partial charge is 0.323 e. The van der Waals surface area contributed by atoms with E-state index in [1.807, 2.05) is 60.9 Å². The van der Waals surface area contributed by atoms with Crippen molar-refractivity contribution < 1.29 is 28.5 Å². The molecule has 0 aliphatic carbocycles. The lowest BCUT2D eigenvalue weighted by Gasteiger charge is -2.42. The van der Waals surface area contributed by atoms with Crippen molar-refractivity contribution in [2.45, 2.75) is 45.6 Å². The predicted octanol–water partition coefficient (Wildman–Crippen LogP) is 9.26. The Balaban J connectivity index is 1.13. The molecule has 4 aromatic carbocycles. The number of hydrogen-bond acceptors (Lipinski definition) is 11. The fourth-order valence-corrected chi connectivity index (χ4v) is 7.16. The predicted molar refractivity (Wildman–Crippen MR) is 235 cm³/mol. The van der Waals surface area contributed by atoms with Gasteiger partial charge in [0.15, 0.2) is 5.75 Å². The number of benzene rings is 4.